The van der Waals surface area contributed by atoms with Crippen molar-refractivity contribution in [2.75, 3.05) is 6.61 Å². The second-order valence-electron chi connectivity index (χ2n) is 2.89. The minimum Gasteiger partial charge on any atom is -0.460 e. The van der Waals surface area contributed by atoms with Gasteiger partial charge in [-0.1, -0.05) is 13.8 Å². The molecule has 0 aromatic rings. The van der Waals surface area contributed by atoms with Gasteiger partial charge in [-0.2, -0.15) is 5.10 Å². The van der Waals surface area contributed by atoms with Gasteiger partial charge in [0.25, 0.3) is 0 Å². The fourth-order valence-electron chi connectivity index (χ4n) is 0.912. The fourth-order valence-corrected chi connectivity index (χ4v) is 0.912. The van der Waals surface area contributed by atoms with Gasteiger partial charge >= 0.3 is 5.97 Å². The van der Waals surface area contributed by atoms with Crippen molar-refractivity contribution in [2.24, 2.45) is 11.0 Å². The molecule has 0 radical (unpaired) electrons. The molecule has 0 saturated carbocycles. The molecule has 0 bridgehead atoms. The van der Waals surface area contributed by atoms with Crippen LogP contribution in [-0.2, 0) is 14.3 Å². The molecule has 1 aliphatic heterocycles. The molecular weight excluding hydrogens is 172 g/mol. The van der Waals surface area contributed by atoms with Crippen molar-refractivity contribution in [3.8, 4) is 0 Å². The third-order valence-corrected chi connectivity index (χ3v) is 1.76. The molecule has 1 heterocycles. The van der Waals surface area contributed by atoms with E-state index in [9.17, 15) is 9.59 Å². The van der Waals surface area contributed by atoms with E-state index in [-0.39, 0.29) is 11.8 Å². The summed E-state index contributed by atoms with van der Waals surface area (Å²) in [7, 11) is 0. The van der Waals surface area contributed by atoms with E-state index in [0.29, 0.717) is 18.7 Å². The first-order chi connectivity index (χ1) is 6.15. The van der Waals surface area contributed by atoms with Gasteiger partial charge in [0.15, 0.2) is 5.71 Å². The predicted molar refractivity (Wildman–Crippen MR) is 46.0 cm³/mol. The highest BCUT2D eigenvalue weighted by atomic mass is 16.5. The summed E-state index contributed by atoms with van der Waals surface area (Å²) >= 11 is 0. The van der Waals surface area contributed by atoms with Crippen molar-refractivity contribution in [2.45, 2.75) is 20.3 Å². The Balaban J connectivity index is 2.59. The normalized spacial score (nSPS) is 24.6. The molecule has 1 atom stereocenters. The average molecular weight is 184 g/mol. The summed E-state index contributed by atoms with van der Waals surface area (Å²) in [6.45, 7) is 3.88. The van der Waals surface area contributed by atoms with Gasteiger partial charge in [0.2, 0.25) is 5.91 Å². The van der Waals surface area contributed by atoms with E-state index in [2.05, 4.69) is 10.5 Å². The molecule has 72 valence electrons. The lowest BCUT2D eigenvalue weighted by Crippen LogP contribution is -2.22. The number of nitrogens with zero attached hydrogens (tertiary/aromatic N) is 1. The van der Waals surface area contributed by atoms with Crippen LogP contribution >= 0.6 is 0 Å². The molecule has 0 aliphatic carbocycles. The van der Waals surface area contributed by atoms with Crippen LogP contribution in [0.5, 0.6) is 0 Å². The lowest BCUT2D eigenvalue weighted by Gasteiger charge is -1.98. The zero-order chi connectivity index (χ0) is 9.84. The Kier molecular flexibility index (Phi) is 3.00. The largest absolute Gasteiger partial charge is 0.460 e. The van der Waals surface area contributed by atoms with Gasteiger partial charge < -0.3 is 4.74 Å². The summed E-state index contributed by atoms with van der Waals surface area (Å²) in [6, 6.07) is 0. The number of carbonyl (C=O) groups excluding carboxylic acids is 2. The molecule has 1 rings (SSSR count). The maximum Gasteiger partial charge on any atom is 0.354 e. The molecule has 0 aromatic heterocycles. The number of cyclic esters (lactones) is 1. The van der Waals surface area contributed by atoms with E-state index in [1.165, 1.54) is 0 Å². The van der Waals surface area contributed by atoms with E-state index >= 15 is 0 Å². The van der Waals surface area contributed by atoms with Gasteiger partial charge in [0.05, 0.1) is 0 Å². The molecule has 1 N–H and O–H groups in total. The van der Waals surface area contributed by atoms with Crippen molar-refractivity contribution in [1.29, 1.82) is 0 Å². The van der Waals surface area contributed by atoms with Crippen molar-refractivity contribution < 1.29 is 14.3 Å². The van der Waals surface area contributed by atoms with Crippen LogP contribution in [0, 0.1) is 5.92 Å². The number of hydrogen-bond donors (Lipinski definition) is 1. The first-order valence-electron chi connectivity index (χ1n) is 4.18. The second-order valence-corrected chi connectivity index (χ2v) is 2.89. The molecule has 0 aromatic carbocycles. The lowest BCUT2D eigenvalue weighted by molar-refractivity contribution is -0.133. The van der Waals surface area contributed by atoms with Crippen LogP contribution in [0.25, 0.3) is 0 Å². The van der Waals surface area contributed by atoms with Gasteiger partial charge in [0.1, 0.15) is 6.61 Å². The van der Waals surface area contributed by atoms with Gasteiger partial charge in [0, 0.05) is 12.3 Å². The number of hydrogen-bond acceptors (Lipinski definition) is 4. The SMILES string of the molecule is CCC(=O)N/N=C1\C(=O)OCC1C. The van der Waals surface area contributed by atoms with E-state index < -0.39 is 5.97 Å². The van der Waals surface area contributed by atoms with Crippen LogP contribution < -0.4 is 5.43 Å². The van der Waals surface area contributed by atoms with Crippen LogP contribution in [0.15, 0.2) is 5.10 Å². The minimum atomic E-state index is -0.441. The predicted octanol–water partition coefficient (Wildman–Crippen LogP) is 0.0615. The molecule has 0 spiro atoms. The molecule has 5 nitrogen and oxygen atoms in total. The number of ether oxygens (including phenoxy) is 1. The van der Waals surface area contributed by atoms with Crippen molar-refractivity contribution >= 4 is 17.6 Å². The maximum absolute atomic E-state index is 11.0. The molecule has 1 aliphatic rings. The Morgan fingerprint density at radius 3 is 2.92 bits per heavy atom. The summed E-state index contributed by atoms with van der Waals surface area (Å²) in [4.78, 5) is 21.8. The Morgan fingerprint density at radius 1 is 1.77 bits per heavy atom. The average Bonchev–Trinajstić information content (AvgIpc) is 2.43. The van der Waals surface area contributed by atoms with Gasteiger partial charge in [-0.25, -0.2) is 10.2 Å². The molecular formula is C8H12N2O3. The Morgan fingerprint density at radius 2 is 2.46 bits per heavy atom. The summed E-state index contributed by atoms with van der Waals surface area (Å²) in [5.41, 5.74) is 2.58. The summed E-state index contributed by atoms with van der Waals surface area (Å²) in [6.07, 6.45) is 0.347. The Labute approximate surface area is 76.1 Å². The van der Waals surface area contributed by atoms with E-state index in [4.69, 9.17) is 4.74 Å². The van der Waals surface area contributed by atoms with Crippen molar-refractivity contribution in [1.82, 2.24) is 5.43 Å². The minimum absolute atomic E-state index is 0.0374. The number of carbonyl (C=O) groups is 2. The first-order valence-corrected chi connectivity index (χ1v) is 4.18. The Bertz CT molecular complexity index is 260. The van der Waals surface area contributed by atoms with Crippen LogP contribution in [0.1, 0.15) is 20.3 Å². The number of rotatable bonds is 2. The summed E-state index contributed by atoms with van der Waals surface area (Å²) in [5, 5.41) is 3.70. The van der Waals surface area contributed by atoms with Crippen LogP contribution in [0.2, 0.25) is 0 Å². The van der Waals surface area contributed by atoms with Gasteiger partial charge in [-0.05, 0) is 0 Å². The monoisotopic (exact) mass is 184 g/mol. The number of amides is 1. The van der Waals surface area contributed by atoms with Crippen molar-refractivity contribution in [3.05, 3.63) is 0 Å². The molecule has 1 amide bonds. The molecule has 13 heavy (non-hydrogen) atoms. The molecule has 5 heteroatoms. The van der Waals surface area contributed by atoms with E-state index in [1.54, 1.807) is 6.92 Å². The number of esters is 1. The van der Waals surface area contributed by atoms with E-state index in [1.807, 2.05) is 6.92 Å². The number of hydrazone groups is 1. The van der Waals surface area contributed by atoms with E-state index in [0.717, 1.165) is 0 Å². The summed E-state index contributed by atoms with van der Waals surface area (Å²) in [5.74, 6) is -0.687. The van der Waals surface area contributed by atoms with Crippen molar-refractivity contribution in [3.63, 3.8) is 0 Å². The molecule has 1 unspecified atom stereocenters. The highest BCUT2D eigenvalue weighted by molar-refractivity contribution is 6.38. The standard InChI is InChI=1S/C8H12N2O3/c1-3-6(11)9-10-7-5(2)4-13-8(7)12/h5H,3-4H2,1-2H3,(H,9,11)/b10-7-. The highest BCUT2D eigenvalue weighted by Crippen LogP contribution is 2.09. The first kappa shape index (κ1) is 9.70. The Hall–Kier alpha value is -1.39. The molecule has 1 fully saturated rings. The van der Waals surface area contributed by atoms with Gasteiger partial charge in [-0.3, -0.25) is 4.79 Å². The quantitative estimate of drug-likeness (QED) is 0.487. The van der Waals surface area contributed by atoms with Gasteiger partial charge in [-0.15, -0.1) is 0 Å². The number of nitrogens with one attached hydrogen (secondary N) is 1. The lowest BCUT2D eigenvalue weighted by atomic mass is 10.1. The third kappa shape index (κ3) is 2.27. The smallest absolute Gasteiger partial charge is 0.354 e. The maximum atomic E-state index is 11.0. The zero-order valence-electron chi connectivity index (χ0n) is 7.66. The highest BCUT2D eigenvalue weighted by Gasteiger charge is 2.29. The van der Waals surface area contributed by atoms with Crippen LogP contribution in [0.3, 0.4) is 0 Å². The summed E-state index contributed by atoms with van der Waals surface area (Å²) < 4.78 is 4.72. The van der Waals surface area contributed by atoms with Crippen LogP contribution in [-0.4, -0.2) is 24.2 Å². The topological polar surface area (TPSA) is 67.8 Å². The molecule has 1 saturated heterocycles. The second kappa shape index (κ2) is 4.02. The fraction of sp³-hybridized carbons (Fsp3) is 0.625. The zero-order valence-corrected chi connectivity index (χ0v) is 7.66. The van der Waals surface area contributed by atoms with Crippen LogP contribution in [0.4, 0.5) is 0 Å². The third-order valence-electron chi connectivity index (χ3n) is 1.76.